The Morgan fingerprint density at radius 2 is 2.13 bits per heavy atom. The van der Waals surface area contributed by atoms with Crippen molar-refractivity contribution in [3.63, 3.8) is 0 Å². The second-order valence-corrected chi connectivity index (χ2v) is 4.50. The first kappa shape index (κ1) is 16.1. The van der Waals surface area contributed by atoms with Crippen LogP contribution in [0.15, 0.2) is 35.4 Å². The molecule has 2 aromatic rings. The molecule has 23 heavy (non-hydrogen) atoms. The molecule has 0 amide bonds. The summed E-state index contributed by atoms with van der Waals surface area (Å²) in [5.74, 6) is -0.532. The van der Waals surface area contributed by atoms with Crippen molar-refractivity contribution >= 4 is 11.7 Å². The van der Waals surface area contributed by atoms with E-state index in [1.807, 2.05) is 0 Å². The van der Waals surface area contributed by atoms with Crippen LogP contribution in [0.25, 0.3) is 0 Å². The fraction of sp³-hybridized carbons (Fsp3) is 0.214. The number of nitro groups is 1. The second kappa shape index (κ2) is 6.69. The fourth-order valence-electron chi connectivity index (χ4n) is 1.92. The van der Waals surface area contributed by atoms with E-state index >= 15 is 0 Å². The third kappa shape index (κ3) is 3.51. The number of aromatic nitrogens is 2. The van der Waals surface area contributed by atoms with Gasteiger partial charge in [-0.05, 0) is 5.56 Å². The molecule has 0 radical (unpaired) electrons. The average molecular weight is 319 g/mol. The molecule has 0 aliphatic carbocycles. The molecule has 2 rings (SSSR count). The summed E-state index contributed by atoms with van der Waals surface area (Å²) in [4.78, 5) is 38.2. The van der Waals surface area contributed by atoms with Gasteiger partial charge < -0.3 is 14.0 Å². The summed E-state index contributed by atoms with van der Waals surface area (Å²) in [7, 11) is 2.56. The van der Waals surface area contributed by atoms with Crippen LogP contribution in [0.1, 0.15) is 15.9 Å². The molecule has 0 fully saturated rings. The number of esters is 1. The summed E-state index contributed by atoms with van der Waals surface area (Å²) in [5.41, 5.74) is -0.850. The monoisotopic (exact) mass is 319 g/mol. The summed E-state index contributed by atoms with van der Waals surface area (Å²) in [6.45, 7) is 0.0154. The Balaban J connectivity index is 2.47. The number of pyridine rings is 2. The van der Waals surface area contributed by atoms with Crippen LogP contribution in [-0.2, 0) is 11.3 Å². The molecule has 0 spiro atoms. The van der Waals surface area contributed by atoms with Gasteiger partial charge in [-0.25, -0.2) is 9.78 Å². The zero-order valence-electron chi connectivity index (χ0n) is 12.4. The van der Waals surface area contributed by atoms with Crippen molar-refractivity contribution in [2.45, 2.75) is 6.54 Å². The first-order chi connectivity index (χ1) is 11.0. The highest BCUT2D eigenvalue weighted by molar-refractivity contribution is 5.89. The van der Waals surface area contributed by atoms with Crippen molar-refractivity contribution in [2.24, 2.45) is 0 Å². The smallest absolute Gasteiger partial charge is 0.343 e. The standard InChI is InChI=1S/C14H13N3O6/c1-22-12-4-3-9(6-15-12)7-16-8-10(17(20)21)5-11(13(16)18)14(19)23-2/h3-6,8H,7H2,1-2H3. The van der Waals surface area contributed by atoms with E-state index in [1.165, 1.54) is 13.3 Å². The second-order valence-electron chi connectivity index (χ2n) is 4.50. The van der Waals surface area contributed by atoms with E-state index in [0.717, 1.165) is 23.9 Å². The molecule has 0 atom stereocenters. The molecule has 0 unspecified atom stereocenters. The van der Waals surface area contributed by atoms with Gasteiger partial charge in [0.2, 0.25) is 5.88 Å². The SMILES string of the molecule is COC(=O)c1cc([N+](=O)[O-])cn(Cc2ccc(OC)nc2)c1=O. The highest BCUT2D eigenvalue weighted by Gasteiger charge is 2.19. The van der Waals surface area contributed by atoms with Crippen LogP contribution in [0.5, 0.6) is 5.88 Å². The quantitative estimate of drug-likeness (QED) is 0.458. The van der Waals surface area contributed by atoms with E-state index < -0.39 is 22.0 Å². The molecule has 0 N–H and O–H groups in total. The van der Waals surface area contributed by atoms with Gasteiger partial charge >= 0.3 is 5.97 Å². The van der Waals surface area contributed by atoms with Crippen molar-refractivity contribution in [3.05, 3.63) is 62.2 Å². The maximum Gasteiger partial charge on any atom is 0.343 e. The van der Waals surface area contributed by atoms with E-state index in [-0.39, 0.29) is 12.2 Å². The van der Waals surface area contributed by atoms with Crippen LogP contribution in [0.2, 0.25) is 0 Å². The lowest BCUT2D eigenvalue weighted by atomic mass is 10.2. The average Bonchev–Trinajstić information content (AvgIpc) is 2.56. The van der Waals surface area contributed by atoms with Gasteiger partial charge in [-0.2, -0.15) is 0 Å². The number of hydrogen-bond acceptors (Lipinski definition) is 7. The molecule has 120 valence electrons. The van der Waals surface area contributed by atoms with E-state index in [4.69, 9.17) is 4.74 Å². The van der Waals surface area contributed by atoms with E-state index in [1.54, 1.807) is 12.1 Å². The highest BCUT2D eigenvalue weighted by atomic mass is 16.6. The van der Waals surface area contributed by atoms with Crippen molar-refractivity contribution in [1.82, 2.24) is 9.55 Å². The van der Waals surface area contributed by atoms with Crippen molar-refractivity contribution < 1.29 is 19.2 Å². The molecular formula is C14H13N3O6. The summed E-state index contributed by atoms with van der Waals surface area (Å²) in [6, 6.07) is 4.16. The van der Waals surface area contributed by atoms with Crippen LogP contribution >= 0.6 is 0 Å². The lowest BCUT2D eigenvalue weighted by molar-refractivity contribution is -0.385. The molecule has 0 bridgehead atoms. The van der Waals surface area contributed by atoms with Gasteiger partial charge in [0, 0.05) is 18.3 Å². The maximum atomic E-state index is 12.3. The van der Waals surface area contributed by atoms with Crippen LogP contribution in [0.3, 0.4) is 0 Å². The van der Waals surface area contributed by atoms with Gasteiger partial charge in [0.15, 0.2) is 0 Å². The zero-order chi connectivity index (χ0) is 17.0. The molecular weight excluding hydrogens is 306 g/mol. The normalized spacial score (nSPS) is 10.2. The minimum absolute atomic E-state index is 0.0154. The van der Waals surface area contributed by atoms with Gasteiger partial charge in [0.1, 0.15) is 5.56 Å². The van der Waals surface area contributed by atoms with Crippen LogP contribution < -0.4 is 10.3 Å². The van der Waals surface area contributed by atoms with Crippen molar-refractivity contribution in [3.8, 4) is 5.88 Å². The van der Waals surface area contributed by atoms with Gasteiger partial charge in [0.05, 0.1) is 31.9 Å². The van der Waals surface area contributed by atoms with Crippen LogP contribution in [-0.4, -0.2) is 34.7 Å². The lowest BCUT2D eigenvalue weighted by Crippen LogP contribution is -2.27. The Morgan fingerprint density at radius 3 is 2.65 bits per heavy atom. The molecule has 0 aliphatic heterocycles. The Kier molecular flexibility index (Phi) is 4.69. The van der Waals surface area contributed by atoms with Crippen molar-refractivity contribution in [2.75, 3.05) is 14.2 Å². The summed E-state index contributed by atoms with van der Waals surface area (Å²) in [5, 5.41) is 11.0. The first-order valence-electron chi connectivity index (χ1n) is 6.42. The number of carbonyl (C=O) groups is 1. The summed E-state index contributed by atoms with van der Waals surface area (Å²) in [6.07, 6.45) is 2.54. The van der Waals surface area contributed by atoms with E-state index in [9.17, 15) is 19.7 Å². The molecule has 0 aromatic carbocycles. The van der Waals surface area contributed by atoms with Gasteiger partial charge in [0.25, 0.3) is 11.2 Å². The zero-order valence-corrected chi connectivity index (χ0v) is 12.4. The molecule has 2 aromatic heterocycles. The van der Waals surface area contributed by atoms with Gasteiger partial charge in [-0.15, -0.1) is 0 Å². The number of ether oxygens (including phenoxy) is 2. The molecule has 0 aliphatic rings. The van der Waals surface area contributed by atoms with Gasteiger partial charge in [-0.3, -0.25) is 14.9 Å². The number of rotatable bonds is 5. The van der Waals surface area contributed by atoms with Crippen LogP contribution in [0.4, 0.5) is 5.69 Å². The summed E-state index contributed by atoms with van der Waals surface area (Å²) >= 11 is 0. The number of hydrogen-bond donors (Lipinski definition) is 0. The number of methoxy groups -OCH3 is 2. The highest BCUT2D eigenvalue weighted by Crippen LogP contribution is 2.13. The minimum Gasteiger partial charge on any atom is -0.481 e. The van der Waals surface area contributed by atoms with Crippen LogP contribution in [0, 0.1) is 10.1 Å². The molecule has 9 nitrogen and oxygen atoms in total. The third-order valence-electron chi connectivity index (χ3n) is 3.05. The third-order valence-corrected chi connectivity index (χ3v) is 3.05. The molecule has 9 heteroatoms. The molecule has 0 saturated heterocycles. The number of nitrogens with zero attached hydrogens (tertiary/aromatic N) is 3. The van der Waals surface area contributed by atoms with E-state index in [2.05, 4.69) is 9.72 Å². The fourth-order valence-corrected chi connectivity index (χ4v) is 1.92. The lowest BCUT2D eigenvalue weighted by Gasteiger charge is -2.08. The Morgan fingerprint density at radius 1 is 1.39 bits per heavy atom. The maximum absolute atomic E-state index is 12.3. The Labute approximate surface area is 130 Å². The molecule has 2 heterocycles. The largest absolute Gasteiger partial charge is 0.481 e. The minimum atomic E-state index is -0.930. The Hall–Kier alpha value is -3.23. The van der Waals surface area contributed by atoms with Gasteiger partial charge in [-0.1, -0.05) is 6.07 Å². The van der Waals surface area contributed by atoms with E-state index in [0.29, 0.717) is 11.4 Å². The summed E-state index contributed by atoms with van der Waals surface area (Å²) < 4.78 is 10.5. The topological polar surface area (TPSA) is 114 Å². The van der Waals surface area contributed by atoms with Crippen molar-refractivity contribution in [1.29, 1.82) is 0 Å². The predicted octanol–water partition coefficient (Wildman–Crippen LogP) is 0.995. The molecule has 0 saturated carbocycles. The number of carbonyl (C=O) groups excluding carboxylic acids is 1. The Bertz CT molecular complexity index is 797. The first-order valence-corrected chi connectivity index (χ1v) is 6.42. The predicted molar refractivity (Wildman–Crippen MR) is 78.6 cm³/mol.